The van der Waals surface area contributed by atoms with Gasteiger partial charge < -0.3 is 23.8 Å². The first kappa shape index (κ1) is 20.5. The Balaban J connectivity index is 1.91. The van der Waals surface area contributed by atoms with Gasteiger partial charge in [-0.25, -0.2) is 0 Å². The summed E-state index contributed by atoms with van der Waals surface area (Å²) in [5.41, 5.74) is 1.71. The fourth-order valence-electron chi connectivity index (χ4n) is 3.41. The van der Waals surface area contributed by atoms with Crippen LogP contribution in [0.2, 0.25) is 0 Å². The summed E-state index contributed by atoms with van der Waals surface area (Å²) >= 11 is 0. The number of hydrogen-bond donors (Lipinski definition) is 1. The zero-order valence-corrected chi connectivity index (χ0v) is 17.3. The Morgan fingerprint density at radius 1 is 0.931 bits per heavy atom. The lowest BCUT2D eigenvalue weighted by Crippen LogP contribution is -3.08. The molecule has 1 N–H and O–H groups in total. The van der Waals surface area contributed by atoms with Gasteiger partial charge in [-0.1, -0.05) is 0 Å². The summed E-state index contributed by atoms with van der Waals surface area (Å²) in [6, 6.07) is 11.1. The Bertz CT molecular complexity index is 915. The number of hydrogen-bond acceptors (Lipinski definition) is 6. The predicted octanol–water partition coefficient (Wildman–Crippen LogP) is 1.11. The molecular weight excluding hydrogens is 374 g/mol. The maximum atomic E-state index is 12.6. The largest absolute Gasteiger partial charge is 0.493 e. The highest BCUT2D eigenvalue weighted by atomic mass is 16.5. The van der Waals surface area contributed by atoms with Crippen molar-refractivity contribution in [3.05, 3.63) is 47.5 Å². The Kier molecular flexibility index (Phi) is 6.23. The smallest absolute Gasteiger partial charge is 0.303 e. The first-order valence-corrected chi connectivity index (χ1v) is 9.14. The highest BCUT2D eigenvalue weighted by molar-refractivity contribution is 5.84. The van der Waals surface area contributed by atoms with Crippen LogP contribution in [0, 0.1) is 0 Å². The molecule has 0 aromatic heterocycles. The van der Waals surface area contributed by atoms with Crippen molar-refractivity contribution in [2.45, 2.75) is 6.17 Å². The van der Waals surface area contributed by atoms with Gasteiger partial charge in [0.1, 0.15) is 0 Å². The predicted molar refractivity (Wildman–Crippen MR) is 108 cm³/mol. The van der Waals surface area contributed by atoms with E-state index in [1.165, 1.54) is 5.01 Å². The molecule has 0 radical (unpaired) electrons. The molecule has 0 spiro atoms. The molecule has 8 heteroatoms. The van der Waals surface area contributed by atoms with E-state index in [2.05, 4.69) is 5.10 Å². The molecule has 0 bridgehead atoms. The third-order valence-electron chi connectivity index (χ3n) is 4.86. The quantitative estimate of drug-likeness (QED) is 0.705. The van der Waals surface area contributed by atoms with E-state index in [4.69, 9.17) is 18.9 Å². The van der Waals surface area contributed by atoms with Crippen LogP contribution in [0.15, 0.2) is 41.5 Å². The van der Waals surface area contributed by atoms with Crippen molar-refractivity contribution in [3.8, 4) is 23.0 Å². The van der Waals surface area contributed by atoms with Crippen LogP contribution in [-0.2, 0) is 4.79 Å². The maximum Gasteiger partial charge on any atom is 0.303 e. The number of likely N-dealkylation sites (N-methyl/N-ethyl adjacent to an activating group) is 1. The molecule has 2 aromatic rings. The van der Waals surface area contributed by atoms with Gasteiger partial charge in [0.05, 0.1) is 41.7 Å². The fraction of sp³-hybridized carbons (Fsp3) is 0.333. The molecule has 3 rings (SSSR count). The molecule has 1 aliphatic rings. The van der Waals surface area contributed by atoms with Gasteiger partial charge in [-0.05, 0) is 42.0 Å². The third kappa shape index (κ3) is 4.12. The number of methoxy groups -OCH3 is 4. The van der Waals surface area contributed by atoms with Gasteiger partial charge in [0, 0.05) is 5.56 Å². The van der Waals surface area contributed by atoms with Crippen LogP contribution in [0.3, 0.4) is 0 Å². The Hall–Kier alpha value is -3.26. The molecule has 2 atom stereocenters. The van der Waals surface area contributed by atoms with Gasteiger partial charge in [-0.2, -0.15) is 10.1 Å². The Labute approximate surface area is 170 Å². The minimum Gasteiger partial charge on any atom is -0.493 e. The van der Waals surface area contributed by atoms with E-state index in [9.17, 15) is 4.79 Å². The van der Waals surface area contributed by atoms with E-state index in [1.54, 1.807) is 40.7 Å². The molecule has 1 heterocycles. The number of quaternary nitrogens is 1. The maximum absolute atomic E-state index is 12.6. The van der Waals surface area contributed by atoms with E-state index in [-0.39, 0.29) is 12.1 Å². The molecule has 8 nitrogen and oxygen atoms in total. The minimum atomic E-state index is -0.265. The number of carbonyl (C=O) groups excluding carboxylic acids is 1. The van der Waals surface area contributed by atoms with Crippen molar-refractivity contribution in [1.82, 2.24) is 5.01 Å². The second kappa shape index (κ2) is 8.83. The number of amides is 1. The average Bonchev–Trinajstić information content (AvgIpc) is 3.04. The van der Waals surface area contributed by atoms with Crippen LogP contribution in [0.4, 0.5) is 0 Å². The number of benzene rings is 2. The molecule has 1 saturated heterocycles. The van der Waals surface area contributed by atoms with E-state index < -0.39 is 0 Å². The van der Waals surface area contributed by atoms with Crippen molar-refractivity contribution in [2.24, 2.45) is 5.10 Å². The molecule has 1 fully saturated rings. The van der Waals surface area contributed by atoms with Crippen molar-refractivity contribution >= 4 is 12.1 Å². The molecule has 154 valence electrons. The van der Waals surface area contributed by atoms with Crippen LogP contribution in [0.25, 0.3) is 0 Å². The highest BCUT2D eigenvalue weighted by Crippen LogP contribution is 2.31. The Morgan fingerprint density at radius 3 is 2.14 bits per heavy atom. The summed E-state index contributed by atoms with van der Waals surface area (Å²) in [4.78, 5) is 13.6. The molecule has 0 aliphatic carbocycles. The zero-order chi connectivity index (χ0) is 21.0. The lowest BCUT2D eigenvalue weighted by molar-refractivity contribution is -0.903. The van der Waals surface area contributed by atoms with Crippen molar-refractivity contribution in [1.29, 1.82) is 0 Å². The van der Waals surface area contributed by atoms with Gasteiger partial charge >= 0.3 is 5.91 Å². The number of hydrazone groups is 1. The van der Waals surface area contributed by atoms with Crippen LogP contribution >= 0.6 is 0 Å². The first-order chi connectivity index (χ1) is 14.0. The average molecular weight is 400 g/mol. The van der Waals surface area contributed by atoms with Crippen LogP contribution in [-0.4, -0.2) is 59.2 Å². The topological polar surface area (TPSA) is 74.0 Å². The number of carbonyl (C=O) groups is 1. The van der Waals surface area contributed by atoms with E-state index in [1.807, 2.05) is 37.4 Å². The van der Waals surface area contributed by atoms with Gasteiger partial charge in [-0.3, -0.25) is 4.79 Å². The highest BCUT2D eigenvalue weighted by Gasteiger charge is 2.41. The van der Waals surface area contributed by atoms with Gasteiger partial charge in [0.15, 0.2) is 29.5 Å². The molecular formula is C21H26N3O5+. The number of ether oxygens (including phenoxy) is 4. The summed E-state index contributed by atoms with van der Waals surface area (Å²) < 4.78 is 21.3. The van der Waals surface area contributed by atoms with Crippen LogP contribution in [0.1, 0.15) is 17.3 Å². The normalized spacial score (nSPS) is 18.9. The van der Waals surface area contributed by atoms with Crippen molar-refractivity contribution in [3.63, 3.8) is 0 Å². The summed E-state index contributed by atoms with van der Waals surface area (Å²) in [5, 5.41) is 5.99. The summed E-state index contributed by atoms with van der Waals surface area (Å²) in [6.45, 7) is 0.349. The monoisotopic (exact) mass is 400 g/mol. The van der Waals surface area contributed by atoms with Gasteiger partial charge in [0.25, 0.3) is 0 Å². The SMILES string of the molecule is COc1ccc(/C=N\N2C(=O)C[NH+](C)[C@H]2c2ccc(OC)c(OC)c2)cc1OC. The lowest BCUT2D eigenvalue weighted by atomic mass is 10.1. The fourth-order valence-corrected chi connectivity index (χ4v) is 3.41. The molecule has 0 saturated carbocycles. The minimum absolute atomic E-state index is 0.0565. The molecule has 1 amide bonds. The number of nitrogens with one attached hydrogen (secondary N) is 1. The van der Waals surface area contributed by atoms with Crippen molar-refractivity contribution < 1.29 is 28.6 Å². The summed E-state index contributed by atoms with van der Waals surface area (Å²) in [5.74, 6) is 2.43. The number of nitrogens with zero attached hydrogens (tertiary/aromatic N) is 2. The first-order valence-electron chi connectivity index (χ1n) is 9.14. The van der Waals surface area contributed by atoms with Crippen LogP contribution < -0.4 is 23.8 Å². The van der Waals surface area contributed by atoms with Gasteiger partial charge in [0.2, 0.25) is 6.17 Å². The second-order valence-corrected chi connectivity index (χ2v) is 6.64. The molecule has 2 aromatic carbocycles. The molecule has 1 unspecified atom stereocenters. The molecule has 29 heavy (non-hydrogen) atoms. The second-order valence-electron chi connectivity index (χ2n) is 6.64. The lowest BCUT2D eigenvalue weighted by Gasteiger charge is -2.22. The zero-order valence-electron chi connectivity index (χ0n) is 17.3. The van der Waals surface area contributed by atoms with E-state index in [0.717, 1.165) is 16.0 Å². The standard InChI is InChI=1S/C21H25N3O5/c1-23-13-20(25)24(21(23)15-7-9-17(27-3)19(11-15)29-5)22-12-14-6-8-16(26-2)18(10-14)28-4/h6-12,21H,13H2,1-5H3/p+1/b22-12-/t21-/m1/s1. The number of rotatable bonds is 7. The van der Waals surface area contributed by atoms with E-state index in [0.29, 0.717) is 29.5 Å². The molecule has 1 aliphatic heterocycles. The third-order valence-corrected chi connectivity index (χ3v) is 4.86. The van der Waals surface area contributed by atoms with Crippen LogP contribution in [0.5, 0.6) is 23.0 Å². The summed E-state index contributed by atoms with van der Waals surface area (Å²) in [7, 11) is 8.30. The van der Waals surface area contributed by atoms with Gasteiger partial charge in [-0.15, -0.1) is 0 Å². The van der Waals surface area contributed by atoms with Crippen molar-refractivity contribution in [2.75, 3.05) is 42.0 Å². The Morgan fingerprint density at radius 2 is 1.52 bits per heavy atom. The summed E-state index contributed by atoms with van der Waals surface area (Å²) in [6.07, 6.45) is 1.38. The van der Waals surface area contributed by atoms with E-state index >= 15 is 0 Å².